The molecule has 1 amide bonds. The zero-order chi connectivity index (χ0) is 18.0. The van der Waals surface area contributed by atoms with E-state index in [2.05, 4.69) is 20.6 Å². The number of aromatic amines is 1. The minimum Gasteiger partial charge on any atom is -0.476 e. The summed E-state index contributed by atoms with van der Waals surface area (Å²) in [4.78, 5) is 25.7. The summed E-state index contributed by atoms with van der Waals surface area (Å²) in [5, 5.41) is 22.9. The zero-order valence-electron chi connectivity index (χ0n) is 13.9. The van der Waals surface area contributed by atoms with Crippen molar-refractivity contribution in [3.63, 3.8) is 0 Å². The van der Waals surface area contributed by atoms with Crippen LogP contribution in [0.3, 0.4) is 0 Å². The first-order valence-electron chi connectivity index (χ1n) is 7.65. The molecule has 9 heteroatoms. The van der Waals surface area contributed by atoms with Crippen LogP contribution in [0.2, 0.25) is 0 Å². The van der Waals surface area contributed by atoms with E-state index in [1.54, 1.807) is 29.1 Å². The van der Waals surface area contributed by atoms with Gasteiger partial charge in [0.15, 0.2) is 5.69 Å². The van der Waals surface area contributed by atoms with Gasteiger partial charge in [0.1, 0.15) is 5.82 Å². The van der Waals surface area contributed by atoms with Gasteiger partial charge in [-0.3, -0.25) is 9.89 Å². The van der Waals surface area contributed by atoms with E-state index in [1.165, 1.54) is 6.07 Å². The van der Waals surface area contributed by atoms with Crippen LogP contribution in [0.25, 0.3) is 10.9 Å². The Kier molecular flexibility index (Phi) is 4.48. The second kappa shape index (κ2) is 6.73. The van der Waals surface area contributed by atoms with Crippen LogP contribution in [0.1, 0.15) is 20.8 Å². The number of hydrogen-bond donors (Lipinski definition) is 3. The second-order valence-electron chi connectivity index (χ2n) is 5.83. The van der Waals surface area contributed by atoms with Crippen LogP contribution in [0, 0.1) is 0 Å². The van der Waals surface area contributed by atoms with Gasteiger partial charge in [0, 0.05) is 23.6 Å². The molecule has 0 saturated heterocycles. The number of nitrogens with zero attached hydrogens (tertiary/aromatic N) is 4. The van der Waals surface area contributed by atoms with Crippen LogP contribution in [-0.4, -0.2) is 62.5 Å². The normalized spacial score (nSPS) is 11.2. The molecule has 25 heavy (non-hydrogen) atoms. The number of aromatic nitrogens is 4. The first-order chi connectivity index (χ1) is 12.0. The quantitative estimate of drug-likeness (QED) is 0.621. The highest BCUT2D eigenvalue weighted by atomic mass is 16.4. The van der Waals surface area contributed by atoms with E-state index < -0.39 is 5.97 Å². The maximum absolute atomic E-state index is 12.5. The third kappa shape index (κ3) is 3.50. The molecule has 0 spiro atoms. The van der Waals surface area contributed by atoms with Crippen molar-refractivity contribution in [1.82, 2.24) is 24.9 Å². The Labute approximate surface area is 143 Å². The Balaban J connectivity index is 1.82. The summed E-state index contributed by atoms with van der Waals surface area (Å²) in [6.45, 7) is 1.42. The summed E-state index contributed by atoms with van der Waals surface area (Å²) in [5.41, 5.74) is 0.794. The van der Waals surface area contributed by atoms with E-state index in [0.717, 1.165) is 6.54 Å². The molecule has 0 aliphatic rings. The lowest BCUT2D eigenvalue weighted by Crippen LogP contribution is -2.21. The predicted octanol–water partition coefficient (Wildman–Crippen LogP) is 1.27. The second-order valence-corrected chi connectivity index (χ2v) is 5.83. The van der Waals surface area contributed by atoms with Crippen molar-refractivity contribution >= 4 is 28.6 Å². The van der Waals surface area contributed by atoms with Crippen molar-refractivity contribution in [2.24, 2.45) is 0 Å². The highest BCUT2D eigenvalue weighted by molar-refractivity contribution is 6.08. The molecule has 3 N–H and O–H groups in total. The topological polar surface area (TPSA) is 116 Å². The van der Waals surface area contributed by atoms with E-state index in [-0.39, 0.29) is 11.6 Å². The third-order valence-corrected chi connectivity index (χ3v) is 3.74. The summed E-state index contributed by atoms with van der Waals surface area (Å²) in [7, 11) is 3.92. The lowest BCUT2D eigenvalue weighted by Gasteiger charge is -2.12. The summed E-state index contributed by atoms with van der Waals surface area (Å²) in [6, 6.07) is 6.47. The summed E-state index contributed by atoms with van der Waals surface area (Å²) >= 11 is 0. The maximum atomic E-state index is 12.5. The molecule has 0 unspecified atom stereocenters. The van der Waals surface area contributed by atoms with Gasteiger partial charge in [-0.1, -0.05) is 0 Å². The Hall–Kier alpha value is -3.20. The van der Waals surface area contributed by atoms with Crippen LogP contribution < -0.4 is 5.32 Å². The molecule has 0 radical (unpaired) electrons. The fraction of sp³-hybridized carbons (Fsp3) is 0.250. The number of carboxylic acid groups (broad SMARTS) is 1. The van der Waals surface area contributed by atoms with Gasteiger partial charge in [-0.2, -0.15) is 10.2 Å². The monoisotopic (exact) mass is 342 g/mol. The van der Waals surface area contributed by atoms with E-state index in [9.17, 15) is 9.59 Å². The molecule has 0 bridgehead atoms. The number of anilines is 1. The highest BCUT2D eigenvalue weighted by Crippen LogP contribution is 2.19. The average Bonchev–Trinajstić information content (AvgIpc) is 3.18. The first-order valence-corrected chi connectivity index (χ1v) is 7.65. The van der Waals surface area contributed by atoms with Crippen molar-refractivity contribution in [3.8, 4) is 0 Å². The molecule has 9 nitrogen and oxygen atoms in total. The number of nitrogens with one attached hydrogen (secondary N) is 2. The summed E-state index contributed by atoms with van der Waals surface area (Å²) < 4.78 is 1.71. The third-order valence-electron chi connectivity index (χ3n) is 3.74. The Morgan fingerprint density at radius 2 is 2.12 bits per heavy atom. The highest BCUT2D eigenvalue weighted by Gasteiger charge is 2.16. The fourth-order valence-corrected chi connectivity index (χ4v) is 2.42. The van der Waals surface area contributed by atoms with Gasteiger partial charge in [0.05, 0.1) is 18.3 Å². The summed E-state index contributed by atoms with van der Waals surface area (Å²) in [6.07, 6.45) is 1.62. The summed E-state index contributed by atoms with van der Waals surface area (Å²) in [5.74, 6) is -0.908. The van der Waals surface area contributed by atoms with Crippen molar-refractivity contribution in [2.75, 3.05) is 26.0 Å². The van der Waals surface area contributed by atoms with E-state index in [0.29, 0.717) is 28.8 Å². The number of rotatable bonds is 6. The van der Waals surface area contributed by atoms with Crippen LogP contribution in [-0.2, 0) is 6.54 Å². The van der Waals surface area contributed by atoms with Gasteiger partial charge < -0.3 is 15.3 Å². The predicted molar refractivity (Wildman–Crippen MR) is 91.8 cm³/mol. The SMILES string of the molecule is CN(C)CCn1nccc1NC(=O)c1ccc2[nH]nc(C(=O)O)c2c1. The molecule has 0 fully saturated rings. The number of carbonyl (C=O) groups excluding carboxylic acids is 1. The van der Waals surface area contributed by atoms with Crippen LogP contribution in [0.5, 0.6) is 0 Å². The molecular weight excluding hydrogens is 324 g/mol. The standard InChI is InChI=1S/C16H18N6O3/c1-21(2)7-8-22-13(5-6-17-22)18-15(23)10-3-4-12-11(9-10)14(16(24)25)20-19-12/h3-6,9H,7-8H2,1-2H3,(H,18,23)(H,19,20)(H,24,25). The molecule has 2 heterocycles. The number of fused-ring (bicyclic) bond motifs is 1. The van der Waals surface area contributed by atoms with Crippen LogP contribution in [0.15, 0.2) is 30.5 Å². The lowest BCUT2D eigenvalue weighted by atomic mass is 10.1. The Morgan fingerprint density at radius 3 is 2.84 bits per heavy atom. The zero-order valence-corrected chi connectivity index (χ0v) is 13.9. The van der Waals surface area contributed by atoms with E-state index >= 15 is 0 Å². The van der Waals surface area contributed by atoms with Gasteiger partial charge >= 0.3 is 5.97 Å². The largest absolute Gasteiger partial charge is 0.476 e. The lowest BCUT2D eigenvalue weighted by molar-refractivity contribution is 0.0692. The number of amides is 1. The number of hydrogen-bond acceptors (Lipinski definition) is 5. The van der Waals surface area contributed by atoms with Crippen molar-refractivity contribution in [2.45, 2.75) is 6.54 Å². The number of H-pyrrole nitrogens is 1. The molecule has 1 aromatic carbocycles. The van der Waals surface area contributed by atoms with Gasteiger partial charge in [-0.25, -0.2) is 9.48 Å². The van der Waals surface area contributed by atoms with Gasteiger partial charge in [0.25, 0.3) is 5.91 Å². The molecular formula is C16H18N6O3. The van der Waals surface area contributed by atoms with Gasteiger partial charge in [-0.15, -0.1) is 0 Å². The number of likely N-dealkylation sites (N-methyl/N-ethyl adjacent to an activating group) is 1. The van der Waals surface area contributed by atoms with Gasteiger partial charge in [-0.05, 0) is 32.3 Å². The minimum atomic E-state index is -1.15. The van der Waals surface area contributed by atoms with E-state index in [1.807, 2.05) is 19.0 Å². The maximum Gasteiger partial charge on any atom is 0.357 e. The average molecular weight is 342 g/mol. The molecule has 0 atom stereocenters. The van der Waals surface area contributed by atoms with Crippen molar-refractivity contribution < 1.29 is 14.7 Å². The molecule has 0 saturated carbocycles. The molecule has 3 rings (SSSR count). The molecule has 0 aliphatic heterocycles. The Bertz CT molecular complexity index is 927. The van der Waals surface area contributed by atoms with Gasteiger partial charge in [0.2, 0.25) is 0 Å². The van der Waals surface area contributed by atoms with Crippen LogP contribution >= 0.6 is 0 Å². The Morgan fingerprint density at radius 1 is 1.32 bits per heavy atom. The molecule has 3 aromatic rings. The van der Waals surface area contributed by atoms with Crippen molar-refractivity contribution in [3.05, 3.63) is 41.7 Å². The number of benzene rings is 1. The van der Waals surface area contributed by atoms with Crippen molar-refractivity contribution in [1.29, 1.82) is 0 Å². The molecule has 0 aliphatic carbocycles. The fourth-order valence-electron chi connectivity index (χ4n) is 2.42. The van der Waals surface area contributed by atoms with Crippen LogP contribution in [0.4, 0.5) is 5.82 Å². The number of carbonyl (C=O) groups is 2. The molecule has 130 valence electrons. The minimum absolute atomic E-state index is 0.110. The van der Waals surface area contributed by atoms with E-state index in [4.69, 9.17) is 5.11 Å². The molecule has 2 aromatic heterocycles. The first kappa shape index (κ1) is 16.7. The number of aromatic carboxylic acids is 1. The smallest absolute Gasteiger partial charge is 0.357 e. The number of carboxylic acids is 1.